The van der Waals surface area contributed by atoms with Crippen LogP contribution in [0.1, 0.15) is 5.56 Å². The first kappa shape index (κ1) is 15.8. The smallest absolute Gasteiger partial charge is 0.242 e. The van der Waals surface area contributed by atoms with Gasteiger partial charge in [0.2, 0.25) is 10.0 Å². The molecule has 1 N–H and O–H groups in total. The van der Waals surface area contributed by atoms with Crippen molar-refractivity contribution in [3.63, 3.8) is 0 Å². The van der Waals surface area contributed by atoms with E-state index in [1.807, 2.05) is 6.07 Å². The Kier molecular flexibility index (Phi) is 4.82. The lowest BCUT2D eigenvalue weighted by molar-refractivity contribution is 0.520. The van der Waals surface area contributed by atoms with Crippen molar-refractivity contribution in [3.05, 3.63) is 53.3 Å². The van der Waals surface area contributed by atoms with Gasteiger partial charge in [0.15, 0.2) is 0 Å². The Morgan fingerprint density at radius 3 is 2.43 bits per heavy atom. The van der Waals surface area contributed by atoms with Gasteiger partial charge in [0.25, 0.3) is 0 Å². The first-order valence-electron chi connectivity index (χ1n) is 6.26. The maximum absolute atomic E-state index is 11.9. The van der Waals surface area contributed by atoms with Crippen molar-refractivity contribution in [1.82, 2.24) is 9.29 Å². The maximum atomic E-state index is 11.9. The van der Waals surface area contributed by atoms with Crippen LogP contribution < -0.4 is 5.32 Å². The summed E-state index contributed by atoms with van der Waals surface area (Å²) in [5.41, 5.74) is 1.83. The van der Waals surface area contributed by atoms with Gasteiger partial charge in [-0.3, -0.25) is 0 Å². The van der Waals surface area contributed by atoms with E-state index in [0.29, 0.717) is 11.7 Å². The number of halogens is 1. The van der Waals surface area contributed by atoms with Crippen LogP contribution in [0.25, 0.3) is 0 Å². The summed E-state index contributed by atoms with van der Waals surface area (Å²) < 4.78 is 25.1. The molecule has 21 heavy (non-hydrogen) atoms. The molecule has 112 valence electrons. The lowest BCUT2D eigenvalue weighted by Gasteiger charge is -2.12. The third-order valence-electron chi connectivity index (χ3n) is 2.93. The zero-order valence-electron chi connectivity index (χ0n) is 11.7. The number of nitrogens with zero attached hydrogens (tertiary/aromatic N) is 2. The molecule has 0 saturated carbocycles. The second-order valence-corrected chi connectivity index (χ2v) is 7.19. The minimum atomic E-state index is -3.38. The van der Waals surface area contributed by atoms with Crippen LogP contribution in [0.15, 0.2) is 47.5 Å². The average Bonchev–Trinajstić information content (AvgIpc) is 2.45. The van der Waals surface area contributed by atoms with Gasteiger partial charge in [0.1, 0.15) is 5.15 Å². The van der Waals surface area contributed by atoms with Crippen molar-refractivity contribution < 1.29 is 8.42 Å². The summed E-state index contributed by atoms with van der Waals surface area (Å²) in [6.45, 7) is 0.572. The molecule has 0 unspecified atom stereocenters. The second kappa shape index (κ2) is 6.43. The van der Waals surface area contributed by atoms with Gasteiger partial charge in [-0.15, -0.1) is 0 Å². The molecule has 5 nitrogen and oxygen atoms in total. The number of pyridine rings is 1. The maximum Gasteiger partial charge on any atom is 0.242 e. The summed E-state index contributed by atoms with van der Waals surface area (Å²) in [4.78, 5) is 4.18. The molecule has 2 aromatic rings. The number of hydrogen-bond acceptors (Lipinski definition) is 4. The predicted molar refractivity (Wildman–Crippen MR) is 83.9 cm³/mol. The van der Waals surface area contributed by atoms with Crippen LogP contribution in [0.4, 0.5) is 5.69 Å². The van der Waals surface area contributed by atoms with Crippen molar-refractivity contribution in [2.75, 3.05) is 19.4 Å². The number of anilines is 1. The lowest BCUT2D eigenvalue weighted by atomic mass is 10.2. The number of rotatable bonds is 5. The molecule has 1 heterocycles. The van der Waals surface area contributed by atoms with Gasteiger partial charge >= 0.3 is 0 Å². The van der Waals surface area contributed by atoms with Crippen LogP contribution in [-0.4, -0.2) is 31.8 Å². The Balaban J connectivity index is 2.07. The fourth-order valence-electron chi connectivity index (χ4n) is 1.71. The second-order valence-electron chi connectivity index (χ2n) is 4.65. The third kappa shape index (κ3) is 3.93. The first-order valence-corrected chi connectivity index (χ1v) is 8.08. The fraction of sp³-hybridized carbons (Fsp3) is 0.214. The Labute approximate surface area is 129 Å². The third-order valence-corrected chi connectivity index (χ3v) is 4.96. The van der Waals surface area contributed by atoms with Crippen molar-refractivity contribution >= 4 is 27.3 Å². The molecule has 0 spiro atoms. The normalized spacial score (nSPS) is 11.6. The summed E-state index contributed by atoms with van der Waals surface area (Å²) in [7, 11) is -0.355. The van der Waals surface area contributed by atoms with Crippen molar-refractivity contribution in [3.8, 4) is 0 Å². The summed E-state index contributed by atoms with van der Waals surface area (Å²) in [6, 6.07) is 10.3. The minimum Gasteiger partial charge on any atom is -0.381 e. The zero-order chi connectivity index (χ0) is 15.5. The Bertz CT molecular complexity index is 715. The zero-order valence-corrected chi connectivity index (χ0v) is 13.3. The van der Waals surface area contributed by atoms with E-state index < -0.39 is 10.0 Å². The molecule has 0 saturated heterocycles. The van der Waals surface area contributed by atoms with E-state index in [0.717, 1.165) is 11.3 Å². The molecule has 0 aliphatic carbocycles. The van der Waals surface area contributed by atoms with E-state index in [4.69, 9.17) is 11.6 Å². The van der Waals surface area contributed by atoms with Gasteiger partial charge in [-0.25, -0.2) is 17.7 Å². The van der Waals surface area contributed by atoms with Gasteiger partial charge in [0, 0.05) is 32.5 Å². The van der Waals surface area contributed by atoms with Crippen LogP contribution in [0.3, 0.4) is 0 Å². The van der Waals surface area contributed by atoms with Gasteiger partial charge in [-0.05, 0) is 29.8 Å². The quantitative estimate of drug-likeness (QED) is 0.858. The first-order chi connectivity index (χ1) is 9.89. The van der Waals surface area contributed by atoms with Gasteiger partial charge < -0.3 is 5.32 Å². The molecule has 0 radical (unpaired) electrons. The summed E-state index contributed by atoms with van der Waals surface area (Å²) in [6.07, 6.45) is 1.62. The SMILES string of the molecule is CN(C)S(=O)(=O)c1ccc(CNc2ccnc(Cl)c2)cc1. The average molecular weight is 326 g/mol. The molecule has 0 bridgehead atoms. The molecule has 2 rings (SSSR count). The highest BCUT2D eigenvalue weighted by atomic mass is 35.5. The molecule has 0 aliphatic rings. The number of sulfonamides is 1. The molecule has 0 aliphatic heterocycles. The van der Waals surface area contributed by atoms with Crippen molar-refractivity contribution in [1.29, 1.82) is 0 Å². The van der Waals surface area contributed by atoms with Crippen molar-refractivity contribution in [2.45, 2.75) is 11.4 Å². The van der Waals surface area contributed by atoms with Gasteiger partial charge in [-0.1, -0.05) is 23.7 Å². The van der Waals surface area contributed by atoms with Crippen LogP contribution in [-0.2, 0) is 16.6 Å². The molecular weight excluding hydrogens is 310 g/mol. The molecule has 7 heteroatoms. The monoisotopic (exact) mass is 325 g/mol. The van der Waals surface area contributed by atoms with Gasteiger partial charge in [0.05, 0.1) is 4.90 Å². The Hall–Kier alpha value is -1.63. The molecule has 1 aromatic heterocycles. The molecule has 0 amide bonds. The topological polar surface area (TPSA) is 62.3 Å². The number of nitrogens with one attached hydrogen (secondary N) is 1. The fourth-order valence-corrected chi connectivity index (χ4v) is 2.78. The van der Waals surface area contributed by atoms with Crippen LogP contribution in [0.2, 0.25) is 5.15 Å². The van der Waals surface area contributed by atoms with Crippen LogP contribution in [0, 0.1) is 0 Å². The lowest BCUT2D eigenvalue weighted by Crippen LogP contribution is -2.22. The van der Waals surface area contributed by atoms with Crippen molar-refractivity contribution in [2.24, 2.45) is 0 Å². The summed E-state index contributed by atoms with van der Waals surface area (Å²) in [5.74, 6) is 0. The summed E-state index contributed by atoms with van der Waals surface area (Å²) in [5, 5.41) is 3.62. The van der Waals surface area contributed by atoms with Crippen LogP contribution >= 0.6 is 11.6 Å². The van der Waals surface area contributed by atoms with E-state index in [1.165, 1.54) is 18.4 Å². The number of benzene rings is 1. The molecular formula is C14H16ClN3O2S. The van der Waals surface area contributed by atoms with E-state index in [9.17, 15) is 8.42 Å². The minimum absolute atomic E-state index is 0.281. The standard InChI is InChI=1S/C14H16ClN3O2S/c1-18(2)21(19,20)13-5-3-11(4-6-13)10-17-12-7-8-16-14(15)9-12/h3-9H,10H2,1-2H3,(H,16,17). The molecule has 0 fully saturated rings. The molecule has 1 aromatic carbocycles. The van der Waals surface area contributed by atoms with Gasteiger partial charge in [-0.2, -0.15) is 0 Å². The largest absolute Gasteiger partial charge is 0.381 e. The highest BCUT2D eigenvalue weighted by Gasteiger charge is 2.16. The Morgan fingerprint density at radius 2 is 1.86 bits per heavy atom. The highest BCUT2D eigenvalue weighted by Crippen LogP contribution is 2.16. The highest BCUT2D eigenvalue weighted by molar-refractivity contribution is 7.89. The van der Waals surface area contributed by atoms with E-state index in [2.05, 4.69) is 10.3 Å². The summed E-state index contributed by atoms with van der Waals surface area (Å²) >= 11 is 5.80. The van der Waals surface area contributed by atoms with E-state index >= 15 is 0 Å². The number of hydrogen-bond donors (Lipinski definition) is 1. The molecule has 0 atom stereocenters. The van der Waals surface area contributed by atoms with E-state index in [-0.39, 0.29) is 4.90 Å². The predicted octanol–water partition coefficient (Wildman–Crippen LogP) is 2.60. The van der Waals surface area contributed by atoms with E-state index in [1.54, 1.807) is 36.5 Å². The number of aromatic nitrogens is 1. The Morgan fingerprint density at radius 1 is 1.19 bits per heavy atom. The van der Waals surface area contributed by atoms with Crippen LogP contribution in [0.5, 0.6) is 0 Å².